The lowest BCUT2D eigenvalue weighted by molar-refractivity contribution is -0.274. The van der Waals surface area contributed by atoms with Crippen molar-refractivity contribution >= 4 is 6.29 Å². The van der Waals surface area contributed by atoms with E-state index in [0.29, 0.717) is 17.4 Å². The molecule has 0 saturated carbocycles. The monoisotopic (exact) mass is 294 g/mol. The van der Waals surface area contributed by atoms with Crippen LogP contribution in [0, 0.1) is 0 Å². The van der Waals surface area contributed by atoms with Gasteiger partial charge in [0.15, 0.2) is 0 Å². The van der Waals surface area contributed by atoms with Gasteiger partial charge in [-0.3, -0.25) is 4.79 Å². The minimum absolute atomic E-state index is 0.236. The van der Waals surface area contributed by atoms with Gasteiger partial charge in [-0.25, -0.2) is 0 Å². The summed E-state index contributed by atoms with van der Waals surface area (Å²) in [5, 5.41) is 0. The Morgan fingerprint density at radius 3 is 2.29 bits per heavy atom. The smallest absolute Gasteiger partial charge is 0.405 e. The van der Waals surface area contributed by atoms with Gasteiger partial charge in [0.1, 0.15) is 12.0 Å². The van der Waals surface area contributed by atoms with E-state index in [2.05, 4.69) is 4.74 Å². The molecule has 2 nitrogen and oxygen atoms in total. The van der Waals surface area contributed by atoms with Crippen molar-refractivity contribution in [1.82, 2.24) is 0 Å². The molecule has 0 unspecified atom stereocenters. The van der Waals surface area contributed by atoms with Crippen LogP contribution in [0.25, 0.3) is 11.1 Å². The van der Waals surface area contributed by atoms with Gasteiger partial charge in [0, 0.05) is 11.1 Å². The number of aldehydes is 1. The molecule has 110 valence electrons. The Labute approximate surface area is 120 Å². The summed E-state index contributed by atoms with van der Waals surface area (Å²) in [5.74, 6) is -0.322. The second kappa shape index (κ2) is 5.99. The Balaban J connectivity index is 2.49. The van der Waals surface area contributed by atoms with Crippen molar-refractivity contribution in [3.63, 3.8) is 0 Å². The number of rotatable bonds is 4. The maximum absolute atomic E-state index is 12.4. The van der Waals surface area contributed by atoms with E-state index in [4.69, 9.17) is 0 Å². The summed E-state index contributed by atoms with van der Waals surface area (Å²) in [6.45, 7) is 1.99. The molecule has 0 radical (unpaired) electrons. The third kappa shape index (κ3) is 3.84. The molecule has 0 saturated heterocycles. The molecule has 0 aliphatic rings. The zero-order valence-corrected chi connectivity index (χ0v) is 11.3. The SMILES string of the molecule is CCc1ccc(-c2cc(C=O)ccc2OC(F)(F)F)cc1. The molecule has 0 aliphatic carbocycles. The predicted molar refractivity (Wildman–Crippen MR) is 73.3 cm³/mol. The van der Waals surface area contributed by atoms with Gasteiger partial charge in [-0.2, -0.15) is 0 Å². The number of carbonyl (C=O) groups excluding carboxylic acids is 1. The average molecular weight is 294 g/mol. The topological polar surface area (TPSA) is 26.3 Å². The van der Waals surface area contributed by atoms with Crippen molar-refractivity contribution in [3.8, 4) is 16.9 Å². The van der Waals surface area contributed by atoms with Gasteiger partial charge in [0.05, 0.1) is 0 Å². The zero-order valence-electron chi connectivity index (χ0n) is 11.3. The second-order valence-corrected chi connectivity index (χ2v) is 4.47. The van der Waals surface area contributed by atoms with Crippen LogP contribution in [-0.2, 0) is 6.42 Å². The van der Waals surface area contributed by atoms with Gasteiger partial charge >= 0.3 is 6.36 Å². The minimum Gasteiger partial charge on any atom is -0.405 e. The number of aryl methyl sites for hydroxylation is 1. The Kier molecular flexibility index (Phi) is 4.31. The lowest BCUT2D eigenvalue weighted by atomic mass is 10.0. The molecular formula is C16H13F3O2. The first-order valence-corrected chi connectivity index (χ1v) is 6.37. The summed E-state index contributed by atoms with van der Waals surface area (Å²) in [5.41, 5.74) is 2.16. The van der Waals surface area contributed by atoms with E-state index < -0.39 is 6.36 Å². The molecule has 21 heavy (non-hydrogen) atoms. The number of hydrogen-bond acceptors (Lipinski definition) is 2. The number of carbonyl (C=O) groups is 1. The summed E-state index contributed by atoms with van der Waals surface area (Å²) < 4.78 is 41.4. The van der Waals surface area contributed by atoms with Gasteiger partial charge in [-0.15, -0.1) is 13.2 Å². The van der Waals surface area contributed by atoms with Crippen LogP contribution in [0.15, 0.2) is 42.5 Å². The maximum Gasteiger partial charge on any atom is 0.573 e. The number of ether oxygens (including phenoxy) is 1. The predicted octanol–water partition coefficient (Wildman–Crippen LogP) is 4.63. The molecule has 2 rings (SSSR count). The van der Waals surface area contributed by atoms with E-state index in [1.807, 2.05) is 19.1 Å². The third-order valence-corrected chi connectivity index (χ3v) is 3.04. The average Bonchev–Trinajstić information content (AvgIpc) is 2.46. The van der Waals surface area contributed by atoms with Crippen molar-refractivity contribution in [1.29, 1.82) is 0 Å². The van der Waals surface area contributed by atoms with Gasteiger partial charge in [0.2, 0.25) is 0 Å². The summed E-state index contributed by atoms with van der Waals surface area (Å²) in [4.78, 5) is 10.8. The van der Waals surface area contributed by atoms with Gasteiger partial charge in [-0.1, -0.05) is 31.2 Å². The molecule has 0 amide bonds. The molecular weight excluding hydrogens is 281 g/mol. The summed E-state index contributed by atoms with van der Waals surface area (Å²) >= 11 is 0. The van der Waals surface area contributed by atoms with Crippen LogP contribution in [0.3, 0.4) is 0 Å². The molecule has 0 aromatic heterocycles. The van der Waals surface area contributed by atoms with E-state index in [1.54, 1.807) is 12.1 Å². The maximum atomic E-state index is 12.4. The Bertz CT molecular complexity index is 631. The van der Waals surface area contributed by atoms with Gasteiger partial charge in [-0.05, 0) is 35.7 Å². The molecule has 0 bridgehead atoms. The molecule has 0 heterocycles. The highest BCUT2D eigenvalue weighted by Crippen LogP contribution is 2.34. The Morgan fingerprint density at radius 2 is 1.76 bits per heavy atom. The van der Waals surface area contributed by atoms with E-state index in [9.17, 15) is 18.0 Å². The quantitative estimate of drug-likeness (QED) is 0.769. The zero-order chi connectivity index (χ0) is 15.5. The Morgan fingerprint density at radius 1 is 1.10 bits per heavy atom. The molecule has 0 spiro atoms. The highest BCUT2D eigenvalue weighted by molar-refractivity contribution is 5.81. The molecule has 0 atom stereocenters. The third-order valence-electron chi connectivity index (χ3n) is 3.04. The van der Waals surface area contributed by atoms with Crippen LogP contribution in [-0.4, -0.2) is 12.6 Å². The molecule has 0 fully saturated rings. The fraction of sp³-hybridized carbons (Fsp3) is 0.188. The summed E-state index contributed by atoms with van der Waals surface area (Å²) in [6.07, 6.45) is -3.36. The molecule has 0 N–H and O–H groups in total. The normalized spacial score (nSPS) is 11.2. The van der Waals surface area contributed by atoms with Crippen molar-refractivity contribution < 1.29 is 22.7 Å². The fourth-order valence-electron chi connectivity index (χ4n) is 1.98. The van der Waals surface area contributed by atoms with Crippen LogP contribution in [0.4, 0.5) is 13.2 Å². The summed E-state index contributed by atoms with van der Waals surface area (Å²) in [7, 11) is 0. The van der Waals surface area contributed by atoms with Crippen molar-refractivity contribution in [2.75, 3.05) is 0 Å². The standard InChI is InChI=1S/C16H13F3O2/c1-2-11-3-6-13(7-4-11)14-9-12(10-20)5-8-15(14)21-16(17,18)19/h3-10H,2H2,1H3. The highest BCUT2D eigenvalue weighted by atomic mass is 19.4. The molecule has 2 aromatic carbocycles. The minimum atomic E-state index is -4.78. The van der Waals surface area contributed by atoms with Gasteiger partial charge < -0.3 is 4.74 Å². The van der Waals surface area contributed by atoms with Crippen LogP contribution < -0.4 is 4.74 Å². The fourth-order valence-corrected chi connectivity index (χ4v) is 1.98. The van der Waals surface area contributed by atoms with Gasteiger partial charge in [0.25, 0.3) is 0 Å². The van der Waals surface area contributed by atoms with E-state index in [0.717, 1.165) is 18.1 Å². The van der Waals surface area contributed by atoms with Crippen molar-refractivity contribution in [3.05, 3.63) is 53.6 Å². The van der Waals surface area contributed by atoms with Crippen LogP contribution in [0.2, 0.25) is 0 Å². The van der Waals surface area contributed by atoms with Crippen LogP contribution >= 0.6 is 0 Å². The largest absolute Gasteiger partial charge is 0.573 e. The number of halogens is 3. The lowest BCUT2D eigenvalue weighted by Gasteiger charge is -2.14. The van der Waals surface area contributed by atoms with Crippen molar-refractivity contribution in [2.24, 2.45) is 0 Å². The van der Waals surface area contributed by atoms with Crippen LogP contribution in [0.5, 0.6) is 5.75 Å². The first-order valence-electron chi connectivity index (χ1n) is 6.37. The van der Waals surface area contributed by atoms with Crippen LogP contribution in [0.1, 0.15) is 22.8 Å². The lowest BCUT2D eigenvalue weighted by Crippen LogP contribution is -2.17. The molecule has 5 heteroatoms. The Hall–Kier alpha value is -2.30. The molecule has 2 aromatic rings. The van der Waals surface area contributed by atoms with E-state index in [-0.39, 0.29) is 11.3 Å². The number of benzene rings is 2. The number of alkyl halides is 3. The van der Waals surface area contributed by atoms with E-state index >= 15 is 0 Å². The van der Waals surface area contributed by atoms with Crippen molar-refractivity contribution in [2.45, 2.75) is 19.7 Å². The van der Waals surface area contributed by atoms with E-state index in [1.165, 1.54) is 12.1 Å². The summed E-state index contributed by atoms with van der Waals surface area (Å²) in [6, 6.07) is 10.9. The first kappa shape index (κ1) is 15.1. The first-order chi connectivity index (χ1) is 9.93. The molecule has 0 aliphatic heterocycles. The number of hydrogen-bond donors (Lipinski definition) is 0. The second-order valence-electron chi connectivity index (χ2n) is 4.47. The highest BCUT2D eigenvalue weighted by Gasteiger charge is 2.32.